The summed E-state index contributed by atoms with van der Waals surface area (Å²) in [5, 5.41) is 3.39. The third kappa shape index (κ3) is 7.94. The molecule has 2 aliphatic rings. The van der Waals surface area contributed by atoms with Crippen LogP contribution in [0.2, 0.25) is 0 Å². The second-order valence-corrected chi connectivity index (χ2v) is 7.79. The lowest BCUT2D eigenvalue weighted by molar-refractivity contribution is -0.0605. The van der Waals surface area contributed by atoms with Gasteiger partial charge in [0.15, 0.2) is 5.96 Å². The van der Waals surface area contributed by atoms with Crippen molar-refractivity contribution in [1.82, 2.24) is 10.2 Å². The molecule has 2 heterocycles. The van der Waals surface area contributed by atoms with Crippen molar-refractivity contribution in [2.24, 2.45) is 10.9 Å². The summed E-state index contributed by atoms with van der Waals surface area (Å²) in [6.07, 6.45) is 1.97. The second kappa shape index (κ2) is 13.4. The average Bonchev–Trinajstić information content (AvgIpc) is 3.23. The first-order valence-electron chi connectivity index (χ1n) is 10.8. The van der Waals surface area contributed by atoms with Gasteiger partial charge in [-0.3, -0.25) is 4.99 Å². The molecule has 0 saturated carbocycles. The Morgan fingerprint density at radius 3 is 2.80 bits per heavy atom. The molecule has 3 unspecified atom stereocenters. The third-order valence-electron chi connectivity index (χ3n) is 5.22. The Hall–Kier alpha value is -0.970. The van der Waals surface area contributed by atoms with Crippen molar-refractivity contribution >= 4 is 29.9 Å². The molecule has 2 aliphatic heterocycles. The van der Waals surface area contributed by atoms with Gasteiger partial charge in [-0.15, -0.1) is 24.0 Å². The highest BCUT2D eigenvalue weighted by Crippen LogP contribution is 2.25. The largest absolute Gasteiger partial charge is 0.381 e. The van der Waals surface area contributed by atoms with Gasteiger partial charge in [-0.1, -0.05) is 12.1 Å². The first kappa shape index (κ1) is 25.3. The minimum atomic E-state index is -0.230. The molecule has 0 bridgehead atoms. The Labute approximate surface area is 196 Å². The molecular formula is C22H35FIN3O3. The van der Waals surface area contributed by atoms with Gasteiger partial charge in [0.05, 0.1) is 25.9 Å². The highest BCUT2D eigenvalue weighted by Gasteiger charge is 2.28. The first-order valence-corrected chi connectivity index (χ1v) is 10.8. The molecule has 3 rings (SSSR count). The fraction of sp³-hybridized carbons (Fsp3) is 0.682. The monoisotopic (exact) mass is 535 g/mol. The van der Waals surface area contributed by atoms with Crippen LogP contribution in [0.25, 0.3) is 0 Å². The molecule has 2 fully saturated rings. The summed E-state index contributed by atoms with van der Waals surface area (Å²) in [6, 6.07) is 6.57. The highest BCUT2D eigenvalue weighted by atomic mass is 127. The van der Waals surface area contributed by atoms with E-state index in [1.807, 2.05) is 0 Å². The van der Waals surface area contributed by atoms with Gasteiger partial charge in [0.25, 0.3) is 0 Å². The Kier molecular flexibility index (Phi) is 11.3. The Morgan fingerprint density at radius 1 is 1.30 bits per heavy atom. The van der Waals surface area contributed by atoms with E-state index in [9.17, 15) is 4.39 Å². The van der Waals surface area contributed by atoms with E-state index < -0.39 is 0 Å². The van der Waals surface area contributed by atoms with Gasteiger partial charge in [-0.2, -0.15) is 0 Å². The van der Waals surface area contributed by atoms with Gasteiger partial charge >= 0.3 is 0 Å². The number of hydrogen-bond acceptors (Lipinski definition) is 4. The number of morpholine rings is 1. The van der Waals surface area contributed by atoms with Crippen molar-refractivity contribution in [1.29, 1.82) is 0 Å². The molecule has 0 radical (unpaired) electrons. The van der Waals surface area contributed by atoms with Crippen molar-refractivity contribution in [3.8, 4) is 0 Å². The lowest BCUT2D eigenvalue weighted by Crippen LogP contribution is -2.50. The maximum absolute atomic E-state index is 13.3. The number of guanidine groups is 1. The van der Waals surface area contributed by atoms with E-state index >= 15 is 0 Å². The topological polar surface area (TPSA) is 55.3 Å². The van der Waals surface area contributed by atoms with E-state index in [-0.39, 0.29) is 42.0 Å². The van der Waals surface area contributed by atoms with E-state index in [1.54, 1.807) is 12.1 Å². The van der Waals surface area contributed by atoms with Crippen LogP contribution in [0.4, 0.5) is 4.39 Å². The molecular weight excluding hydrogens is 500 g/mol. The Bertz CT molecular complexity index is 641. The average molecular weight is 535 g/mol. The van der Waals surface area contributed by atoms with Crippen LogP contribution in [-0.4, -0.2) is 69.6 Å². The Morgan fingerprint density at radius 2 is 2.10 bits per heavy atom. The van der Waals surface area contributed by atoms with Crippen LogP contribution in [0.5, 0.6) is 0 Å². The molecule has 8 heteroatoms. The zero-order valence-electron chi connectivity index (χ0n) is 18.0. The number of ether oxygens (including phenoxy) is 3. The Balaban J connectivity index is 0.00000320. The summed E-state index contributed by atoms with van der Waals surface area (Å²) in [6.45, 7) is 10.3. The van der Waals surface area contributed by atoms with Crippen molar-refractivity contribution in [3.05, 3.63) is 35.6 Å². The van der Waals surface area contributed by atoms with Gasteiger partial charge in [0, 0.05) is 38.8 Å². The molecule has 0 spiro atoms. The summed E-state index contributed by atoms with van der Waals surface area (Å²) in [5.41, 5.74) is 0.989. The summed E-state index contributed by atoms with van der Waals surface area (Å²) >= 11 is 0. The molecule has 1 aromatic rings. The lowest BCUT2D eigenvalue weighted by atomic mass is 10.1. The fourth-order valence-corrected chi connectivity index (χ4v) is 3.73. The number of nitrogens with zero attached hydrogens (tertiary/aromatic N) is 2. The molecule has 1 aromatic carbocycles. The van der Waals surface area contributed by atoms with Gasteiger partial charge in [0.2, 0.25) is 0 Å². The zero-order chi connectivity index (χ0) is 20.5. The number of hydrogen-bond donors (Lipinski definition) is 1. The molecule has 2 saturated heterocycles. The predicted molar refractivity (Wildman–Crippen MR) is 127 cm³/mol. The molecule has 0 amide bonds. The van der Waals surface area contributed by atoms with Crippen LogP contribution >= 0.6 is 24.0 Å². The van der Waals surface area contributed by atoms with E-state index in [2.05, 4.69) is 24.1 Å². The fourth-order valence-electron chi connectivity index (χ4n) is 3.73. The molecule has 170 valence electrons. The normalized spacial score (nSPS) is 24.6. The smallest absolute Gasteiger partial charge is 0.194 e. The quantitative estimate of drug-likeness (QED) is 0.239. The SMILES string of the molecule is CCNC(=NCCCOCC1CCOC1)N1CC(C)OC(c2ccc(F)cc2)C1.I. The van der Waals surface area contributed by atoms with Crippen LogP contribution < -0.4 is 5.32 Å². The van der Waals surface area contributed by atoms with Crippen LogP contribution in [0, 0.1) is 11.7 Å². The minimum absolute atomic E-state index is 0. The van der Waals surface area contributed by atoms with Gasteiger partial charge in [-0.25, -0.2) is 4.39 Å². The molecule has 3 atom stereocenters. The minimum Gasteiger partial charge on any atom is -0.381 e. The number of benzene rings is 1. The number of halogens is 2. The number of rotatable bonds is 8. The van der Waals surface area contributed by atoms with Crippen molar-refractivity contribution in [3.63, 3.8) is 0 Å². The van der Waals surface area contributed by atoms with E-state index in [0.29, 0.717) is 12.5 Å². The van der Waals surface area contributed by atoms with Crippen molar-refractivity contribution in [2.45, 2.75) is 38.9 Å². The predicted octanol–water partition coefficient (Wildman–Crippen LogP) is 3.61. The molecule has 30 heavy (non-hydrogen) atoms. The van der Waals surface area contributed by atoms with E-state index in [4.69, 9.17) is 19.2 Å². The standard InChI is InChI=1S/C22H34FN3O3.HI/c1-3-24-22(25-10-4-11-27-15-18-9-12-28-16-18)26-13-17(2)29-21(14-26)19-5-7-20(23)8-6-19;/h5-8,17-18,21H,3-4,9-16H2,1-2H3,(H,24,25);1H. The van der Waals surface area contributed by atoms with E-state index in [1.165, 1.54) is 12.1 Å². The summed E-state index contributed by atoms with van der Waals surface area (Å²) in [4.78, 5) is 7.03. The van der Waals surface area contributed by atoms with Gasteiger partial charge in [0.1, 0.15) is 11.9 Å². The molecule has 0 aliphatic carbocycles. The second-order valence-electron chi connectivity index (χ2n) is 7.79. The third-order valence-corrected chi connectivity index (χ3v) is 5.22. The lowest BCUT2D eigenvalue weighted by Gasteiger charge is -2.38. The number of aliphatic imine (C=N–C) groups is 1. The summed E-state index contributed by atoms with van der Waals surface area (Å²) < 4.78 is 30.5. The van der Waals surface area contributed by atoms with Gasteiger partial charge < -0.3 is 24.4 Å². The summed E-state index contributed by atoms with van der Waals surface area (Å²) in [7, 11) is 0. The highest BCUT2D eigenvalue weighted by molar-refractivity contribution is 14.0. The molecule has 1 N–H and O–H groups in total. The van der Waals surface area contributed by atoms with Crippen molar-refractivity contribution < 1.29 is 18.6 Å². The van der Waals surface area contributed by atoms with Crippen LogP contribution in [0.3, 0.4) is 0 Å². The van der Waals surface area contributed by atoms with Crippen LogP contribution in [0.1, 0.15) is 38.4 Å². The van der Waals surface area contributed by atoms with Crippen LogP contribution in [0.15, 0.2) is 29.3 Å². The summed E-state index contributed by atoms with van der Waals surface area (Å²) in [5.74, 6) is 1.22. The molecule has 6 nitrogen and oxygen atoms in total. The maximum atomic E-state index is 13.3. The zero-order valence-corrected chi connectivity index (χ0v) is 20.3. The van der Waals surface area contributed by atoms with Crippen LogP contribution in [-0.2, 0) is 14.2 Å². The maximum Gasteiger partial charge on any atom is 0.194 e. The molecule has 0 aromatic heterocycles. The first-order chi connectivity index (χ1) is 14.2. The van der Waals surface area contributed by atoms with Gasteiger partial charge in [-0.05, 0) is 44.4 Å². The number of nitrogens with one attached hydrogen (secondary N) is 1. The van der Waals surface area contributed by atoms with Crippen molar-refractivity contribution in [2.75, 3.05) is 52.6 Å². The van der Waals surface area contributed by atoms with E-state index in [0.717, 1.165) is 70.4 Å².